The number of benzene rings is 2. The Hall–Kier alpha value is -4.31. The van der Waals surface area contributed by atoms with E-state index in [-0.39, 0.29) is 11.3 Å². The molecule has 0 bridgehead atoms. The summed E-state index contributed by atoms with van der Waals surface area (Å²) in [5.74, 6) is -2.53. The van der Waals surface area contributed by atoms with Gasteiger partial charge in [0.05, 0.1) is 11.8 Å². The first-order valence-corrected chi connectivity index (χ1v) is 7.96. The quantitative estimate of drug-likeness (QED) is 0.524. The molecule has 10 heteroatoms. The number of hydrogen-bond acceptors (Lipinski definition) is 6. The van der Waals surface area contributed by atoms with Crippen LogP contribution in [-0.2, 0) is 10.2 Å². The monoisotopic (exact) mass is 397 g/mol. The van der Waals surface area contributed by atoms with Crippen molar-refractivity contribution in [3.63, 3.8) is 0 Å². The zero-order valence-corrected chi connectivity index (χ0v) is 14.9. The maximum Gasteiger partial charge on any atom is 0.411 e. The molecule has 0 saturated carbocycles. The van der Waals surface area contributed by atoms with E-state index in [0.717, 1.165) is 6.07 Å². The lowest BCUT2D eigenvalue weighted by molar-refractivity contribution is -0.114. The van der Waals surface area contributed by atoms with Crippen LogP contribution >= 0.6 is 0 Å². The first-order valence-electron chi connectivity index (χ1n) is 7.96. The van der Waals surface area contributed by atoms with Crippen molar-refractivity contribution in [2.24, 2.45) is 5.10 Å². The molecule has 0 heterocycles. The smallest absolute Gasteiger partial charge is 0.411 e. The molecule has 2 aromatic rings. The number of halogens is 2. The molecule has 2 amide bonds. The van der Waals surface area contributed by atoms with Gasteiger partial charge in [0.1, 0.15) is 23.1 Å². The summed E-state index contributed by atoms with van der Waals surface area (Å²) in [6.07, 6.45) is -1.66. The predicted molar refractivity (Wildman–Crippen MR) is 97.7 cm³/mol. The number of carboxylic acid groups (broad SMARTS) is 1. The molecule has 1 unspecified atom stereocenters. The minimum Gasteiger partial charge on any atom is -0.465 e. The van der Waals surface area contributed by atoms with E-state index in [2.05, 4.69) is 10.5 Å². The predicted octanol–water partition coefficient (Wildman–Crippen LogP) is 2.88. The van der Waals surface area contributed by atoms with Crippen LogP contribution in [0.25, 0.3) is 0 Å². The Morgan fingerprint density at radius 2 is 1.79 bits per heavy atom. The fourth-order valence-corrected chi connectivity index (χ4v) is 2.46. The number of imide groups is 1. The van der Waals surface area contributed by atoms with Crippen molar-refractivity contribution >= 4 is 23.4 Å². The average Bonchev–Trinajstić information content (AvgIpc) is 2.68. The third kappa shape index (κ3) is 4.70. The van der Waals surface area contributed by atoms with Gasteiger partial charge >= 0.3 is 6.09 Å². The molecule has 1 atom stereocenters. The lowest BCUT2D eigenvalue weighted by Gasteiger charge is -2.23. The van der Waals surface area contributed by atoms with Gasteiger partial charge < -0.3 is 5.11 Å². The van der Waals surface area contributed by atoms with Crippen molar-refractivity contribution in [2.75, 3.05) is 5.43 Å². The summed E-state index contributed by atoms with van der Waals surface area (Å²) in [5.41, 5.74) is 0.530. The van der Waals surface area contributed by atoms with Crippen molar-refractivity contribution in [3.05, 3.63) is 65.2 Å². The van der Waals surface area contributed by atoms with Crippen LogP contribution in [0.1, 0.15) is 18.1 Å². The second-order valence-corrected chi connectivity index (χ2v) is 5.88. The number of nitrogens with zero attached hydrogens (tertiary/aromatic N) is 3. The molecule has 0 aliphatic carbocycles. The molecular weight excluding hydrogens is 384 g/mol. The van der Waals surface area contributed by atoms with Gasteiger partial charge in [-0.15, -0.1) is 0 Å². The standard InChI is InChI=1S/C19H13F2N5O3/c1-19(10-23,11-2-4-12(20)5-3-11)14-7-6-13(8-15(14)21)25-26-16(9-22)17(27)24-18(28)29/h2-8,25H,1H3,(H,24,27)(H,28,29)/b26-16-. The molecule has 0 radical (unpaired) electrons. The van der Waals surface area contributed by atoms with Crippen molar-refractivity contribution in [1.82, 2.24) is 5.32 Å². The van der Waals surface area contributed by atoms with Gasteiger partial charge in [0.25, 0.3) is 5.91 Å². The van der Waals surface area contributed by atoms with Gasteiger partial charge in [-0.25, -0.2) is 13.6 Å². The molecule has 0 aromatic heterocycles. The first kappa shape index (κ1) is 21.0. The van der Waals surface area contributed by atoms with Crippen LogP contribution in [-0.4, -0.2) is 22.8 Å². The van der Waals surface area contributed by atoms with Crippen LogP contribution in [0, 0.1) is 34.3 Å². The van der Waals surface area contributed by atoms with Crippen molar-refractivity contribution in [2.45, 2.75) is 12.3 Å². The molecular formula is C19H13F2N5O3. The lowest BCUT2D eigenvalue weighted by atomic mass is 9.77. The number of carbonyl (C=O) groups excluding carboxylic acids is 1. The molecule has 0 aliphatic heterocycles. The highest BCUT2D eigenvalue weighted by atomic mass is 19.1. The van der Waals surface area contributed by atoms with Gasteiger partial charge in [0.2, 0.25) is 5.71 Å². The highest BCUT2D eigenvalue weighted by Crippen LogP contribution is 2.34. The van der Waals surface area contributed by atoms with Crippen LogP contribution in [0.4, 0.5) is 19.3 Å². The maximum absolute atomic E-state index is 14.7. The fraction of sp³-hybridized carbons (Fsp3) is 0.105. The second kappa shape index (κ2) is 8.59. The second-order valence-electron chi connectivity index (χ2n) is 5.88. The average molecular weight is 397 g/mol. The van der Waals surface area contributed by atoms with E-state index in [1.165, 1.54) is 54.7 Å². The Balaban J connectivity index is 2.32. The minimum atomic E-state index is -1.66. The van der Waals surface area contributed by atoms with Gasteiger partial charge in [0, 0.05) is 5.56 Å². The van der Waals surface area contributed by atoms with Crippen molar-refractivity contribution < 1.29 is 23.5 Å². The van der Waals surface area contributed by atoms with Crippen molar-refractivity contribution in [1.29, 1.82) is 10.5 Å². The lowest BCUT2D eigenvalue weighted by Crippen LogP contribution is -2.34. The molecule has 0 spiro atoms. The van der Waals surface area contributed by atoms with E-state index in [9.17, 15) is 23.6 Å². The maximum atomic E-state index is 14.7. The highest BCUT2D eigenvalue weighted by Gasteiger charge is 2.32. The fourth-order valence-electron chi connectivity index (χ4n) is 2.46. The van der Waals surface area contributed by atoms with Crippen LogP contribution in [0.5, 0.6) is 0 Å². The molecule has 3 N–H and O–H groups in total. The van der Waals surface area contributed by atoms with Gasteiger partial charge in [-0.2, -0.15) is 15.6 Å². The molecule has 0 saturated heterocycles. The van der Waals surface area contributed by atoms with Gasteiger partial charge in [-0.1, -0.05) is 18.2 Å². The van der Waals surface area contributed by atoms with Crippen LogP contribution in [0.3, 0.4) is 0 Å². The first-order chi connectivity index (χ1) is 13.7. The Morgan fingerprint density at radius 3 is 2.31 bits per heavy atom. The Kier molecular flexibility index (Phi) is 6.22. The third-order valence-electron chi connectivity index (χ3n) is 3.99. The summed E-state index contributed by atoms with van der Waals surface area (Å²) in [6, 6.07) is 12.2. The Morgan fingerprint density at radius 1 is 1.14 bits per heavy atom. The van der Waals surface area contributed by atoms with Crippen LogP contribution in [0.2, 0.25) is 0 Å². The van der Waals surface area contributed by atoms with E-state index in [1.54, 1.807) is 0 Å². The number of carbonyl (C=O) groups is 2. The molecule has 8 nitrogen and oxygen atoms in total. The van der Waals surface area contributed by atoms with Gasteiger partial charge in [-0.05, 0) is 36.8 Å². The molecule has 146 valence electrons. The van der Waals surface area contributed by atoms with Crippen LogP contribution in [0.15, 0.2) is 47.6 Å². The zero-order valence-electron chi connectivity index (χ0n) is 14.9. The van der Waals surface area contributed by atoms with E-state index < -0.39 is 34.8 Å². The number of rotatable bonds is 5. The van der Waals surface area contributed by atoms with E-state index in [0.29, 0.717) is 5.56 Å². The number of nitriles is 2. The molecule has 0 aliphatic rings. The minimum absolute atomic E-state index is 0.0188. The zero-order chi connectivity index (χ0) is 21.6. The molecule has 2 aromatic carbocycles. The summed E-state index contributed by atoms with van der Waals surface area (Å²) in [5, 5.41) is 31.8. The summed E-state index contributed by atoms with van der Waals surface area (Å²) >= 11 is 0. The number of hydrogen-bond donors (Lipinski definition) is 3. The number of amides is 2. The summed E-state index contributed by atoms with van der Waals surface area (Å²) in [6.45, 7) is 1.48. The van der Waals surface area contributed by atoms with Gasteiger partial charge in [0.15, 0.2) is 0 Å². The Labute approximate surface area is 163 Å². The normalized spacial score (nSPS) is 12.8. The summed E-state index contributed by atoms with van der Waals surface area (Å²) in [4.78, 5) is 21.9. The highest BCUT2D eigenvalue weighted by molar-refractivity contribution is 6.46. The van der Waals surface area contributed by atoms with E-state index in [4.69, 9.17) is 10.4 Å². The van der Waals surface area contributed by atoms with Crippen molar-refractivity contribution in [3.8, 4) is 12.1 Å². The SMILES string of the molecule is CC(C#N)(c1ccc(F)cc1)c1ccc(N/N=C(/C#N)C(=O)NC(=O)O)cc1F. The molecule has 2 rings (SSSR count). The van der Waals surface area contributed by atoms with Gasteiger partial charge in [-0.3, -0.25) is 15.5 Å². The van der Waals surface area contributed by atoms with E-state index in [1.807, 2.05) is 6.07 Å². The number of anilines is 1. The third-order valence-corrected chi connectivity index (χ3v) is 3.99. The van der Waals surface area contributed by atoms with E-state index >= 15 is 0 Å². The largest absolute Gasteiger partial charge is 0.465 e. The summed E-state index contributed by atoms with van der Waals surface area (Å²) in [7, 11) is 0. The summed E-state index contributed by atoms with van der Waals surface area (Å²) < 4.78 is 27.9. The number of nitrogens with one attached hydrogen (secondary N) is 2. The molecule has 0 fully saturated rings. The van der Waals surface area contributed by atoms with Crippen LogP contribution < -0.4 is 10.7 Å². The number of hydrazone groups is 1. The topological polar surface area (TPSA) is 138 Å². The Bertz CT molecular complexity index is 1070. The molecule has 29 heavy (non-hydrogen) atoms.